The van der Waals surface area contributed by atoms with Crippen LogP contribution in [0, 0.1) is 6.92 Å². The largest absolute Gasteiger partial charge is 0.351 e. The third-order valence-corrected chi connectivity index (χ3v) is 5.39. The molecule has 0 aliphatic heterocycles. The Hall–Kier alpha value is -1.73. The molecule has 0 saturated heterocycles. The van der Waals surface area contributed by atoms with Crippen molar-refractivity contribution < 1.29 is 4.79 Å². The van der Waals surface area contributed by atoms with Gasteiger partial charge in [0.2, 0.25) is 5.91 Å². The van der Waals surface area contributed by atoms with Crippen molar-refractivity contribution in [1.29, 1.82) is 0 Å². The van der Waals surface area contributed by atoms with E-state index in [0.29, 0.717) is 17.5 Å². The molecule has 2 N–H and O–H groups in total. The second kappa shape index (κ2) is 10.3. The number of H-pyrrole nitrogens is 1. The highest BCUT2D eigenvalue weighted by molar-refractivity contribution is 7.99. The van der Waals surface area contributed by atoms with Crippen molar-refractivity contribution in [2.24, 2.45) is 0 Å². The lowest BCUT2D eigenvalue weighted by molar-refractivity contribution is -0.118. The van der Waals surface area contributed by atoms with Crippen LogP contribution in [0.1, 0.15) is 30.2 Å². The zero-order chi connectivity index (χ0) is 18.1. The fraction of sp³-hybridized carbons (Fsp3) is 0.389. The van der Waals surface area contributed by atoms with E-state index in [-0.39, 0.29) is 17.2 Å². The molecule has 0 unspecified atom stereocenters. The van der Waals surface area contributed by atoms with Gasteiger partial charge in [-0.25, -0.2) is 4.98 Å². The van der Waals surface area contributed by atoms with Gasteiger partial charge in [0.05, 0.1) is 11.4 Å². The standard InChI is InChI=1S/C18H23N3O2S2/c1-3-8-24-11-15-9-16(22)21-18(20-15)25-12-17(23)19-10-14-6-4-13(2)5-7-14/h4-7,9H,3,8,10-12H2,1-2H3,(H,19,23)(H,20,21,22). The van der Waals surface area contributed by atoms with Gasteiger partial charge in [0.25, 0.3) is 5.56 Å². The molecule has 1 aromatic carbocycles. The Kier molecular flexibility index (Phi) is 8.08. The normalized spacial score (nSPS) is 10.6. The van der Waals surface area contributed by atoms with Gasteiger partial charge >= 0.3 is 0 Å². The lowest BCUT2D eigenvalue weighted by atomic mass is 10.1. The summed E-state index contributed by atoms with van der Waals surface area (Å²) in [6.07, 6.45) is 1.09. The zero-order valence-corrected chi connectivity index (χ0v) is 16.1. The minimum Gasteiger partial charge on any atom is -0.351 e. The molecule has 0 bridgehead atoms. The van der Waals surface area contributed by atoms with E-state index < -0.39 is 0 Å². The van der Waals surface area contributed by atoms with Gasteiger partial charge < -0.3 is 10.3 Å². The highest BCUT2D eigenvalue weighted by Gasteiger charge is 2.07. The highest BCUT2D eigenvalue weighted by atomic mass is 32.2. The molecule has 1 aromatic heterocycles. The average molecular weight is 378 g/mol. The monoisotopic (exact) mass is 377 g/mol. The number of hydrogen-bond acceptors (Lipinski definition) is 5. The van der Waals surface area contributed by atoms with Crippen LogP contribution in [-0.2, 0) is 17.1 Å². The molecule has 1 amide bonds. The third-order valence-electron chi connectivity index (χ3n) is 3.32. The maximum Gasteiger partial charge on any atom is 0.251 e. The van der Waals surface area contributed by atoms with E-state index >= 15 is 0 Å². The maximum absolute atomic E-state index is 12.0. The molecule has 5 nitrogen and oxygen atoms in total. The summed E-state index contributed by atoms with van der Waals surface area (Å²) >= 11 is 3.00. The first kappa shape index (κ1) is 19.6. The Labute approximate surface area is 156 Å². The van der Waals surface area contributed by atoms with Crippen LogP contribution in [0.25, 0.3) is 0 Å². The van der Waals surface area contributed by atoms with Gasteiger partial charge in [-0.2, -0.15) is 11.8 Å². The van der Waals surface area contributed by atoms with Crippen molar-refractivity contribution in [3.05, 3.63) is 57.5 Å². The summed E-state index contributed by atoms with van der Waals surface area (Å²) in [5.74, 6) is 1.89. The van der Waals surface area contributed by atoms with Crippen molar-refractivity contribution >= 4 is 29.4 Å². The molecule has 2 aromatic rings. The molecule has 0 atom stereocenters. The van der Waals surface area contributed by atoms with Gasteiger partial charge in [-0.3, -0.25) is 9.59 Å². The number of aromatic nitrogens is 2. The van der Waals surface area contributed by atoms with Gasteiger partial charge in [-0.15, -0.1) is 0 Å². The van der Waals surface area contributed by atoms with Crippen molar-refractivity contribution in [1.82, 2.24) is 15.3 Å². The fourth-order valence-corrected chi connectivity index (χ4v) is 3.55. The lowest BCUT2D eigenvalue weighted by Gasteiger charge is -2.06. The van der Waals surface area contributed by atoms with Gasteiger partial charge in [0.1, 0.15) is 0 Å². The second-order valence-electron chi connectivity index (χ2n) is 5.65. The molecule has 0 aliphatic rings. The summed E-state index contributed by atoms with van der Waals surface area (Å²) in [4.78, 5) is 30.8. The van der Waals surface area contributed by atoms with E-state index in [1.54, 1.807) is 11.8 Å². The Morgan fingerprint density at radius 1 is 1.28 bits per heavy atom. The second-order valence-corrected chi connectivity index (χ2v) is 7.71. The van der Waals surface area contributed by atoms with E-state index in [2.05, 4.69) is 22.2 Å². The molecule has 2 rings (SSSR count). The van der Waals surface area contributed by atoms with E-state index in [9.17, 15) is 9.59 Å². The predicted octanol–water partition coefficient (Wildman–Crippen LogP) is 3.13. The number of hydrogen-bond donors (Lipinski definition) is 2. The molecule has 1 heterocycles. The topological polar surface area (TPSA) is 74.8 Å². The quantitative estimate of drug-likeness (QED) is 0.399. The number of nitrogens with one attached hydrogen (secondary N) is 2. The van der Waals surface area contributed by atoms with Crippen LogP contribution >= 0.6 is 23.5 Å². The predicted molar refractivity (Wildman–Crippen MR) is 105 cm³/mol. The van der Waals surface area contributed by atoms with E-state index in [1.165, 1.54) is 23.4 Å². The Balaban J connectivity index is 1.82. The Bertz CT molecular complexity index is 745. The van der Waals surface area contributed by atoms with Gasteiger partial charge in [0, 0.05) is 18.4 Å². The third kappa shape index (κ3) is 7.36. The number of aryl methyl sites for hydroxylation is 1. The lowest BCUT2D eigenvalue weighted by Crippen LogP contribution is -2.24. The number of thioether (sulfide) groups is 2. The number of aromatic amines is 1. The maximum atomic E-state index is 12.0. The average Bonchev–Trinajstić information content (AvgIpc) is 2.59. The first-order valence-electron chi connectivity index (χ1n) is 8.20. The Morgan fingerprint density at radius 3 is 2.76 bits per heavy atom. The Morgan fingerprint density at radius 2 is 2.04 bits per heavy atom. The van der Waals surface area contributed by atoms with E-state index in [0.717, 1.165) is 23.4 Å². The molecule has 0 saturated carbocycles. The van der Waals surface area contributed by atoms with Crippen molar-refractivity contribution in [3.8, 4) is 0 Å². The van der Waals surface area contributed by atoms with Gasteiger partial charge in [-0.05, 0) is 24.7 Å². The zero-order valence-electron chi connectivity index (χ0n) is 14.5. The van der Waals surface area contributed by atoms with Crippen LogP contribution in [0.5, 0.6) is 0 Å². The van der Waals surface area contributed by atoms with E-state index in [1.807, 2.05) is 31.2 Å². The summed E-state index contributed by atoms with van der Waals surface area (Å²) in [6.45, 7) is 4.65. The number of amides is 1. The molecule has 7 heteroatoms. The summed E-state index contributed by atoms with van der Waals surface area (Å²) in [7, 11) is 0. The van der Waals surface area contributed by atoms with Crippen molar-refractivity contribution in [2.45, 2.75) is 37.7 Å². The number of benzene rings is 1. The molecule has 0 aliphatic carbocycles. The van der Waals surface area contributed by atoms with Crippen molar-refractivity contribution in [2.75, 3.05) is 11.5 Å². The minimum atomic E-state index is -0.176. The summed E-state index contributed by atoms with van der Waals surface area (Å²) in [5, 5.41) is 3.37. The van der Waals surface area contributed by atoms with Crippen LogP contribution in [0.15, 0.2) is 40.3 Å². The summed E-state index contributed by atoms with van der Waals surface area (Å²) in [5.41, 5.74) is 2.83. The number of carbonyl (C=O) groups is 1. The van der Waals surface area contributed by atoms with Crippen LogP contribution in [0.2, 0.25) is 0 Å². The number of nitrogens with zero attached hydrogens (tertiary/aromatic N) is 1. The van der Waals surface area contributed by atoms with Gasteiger partial charge in [0.15, 0.2) is 5.16 Å². The molecular formula is C18H23N3O2S2. The smallest absolute Gasteiger partial charge is 0.251 e. The van der Waals surface area contributed by atoms with Crippen LogP contribution in [0.3, 0.4) is 0 Å². The summed E-state index contributed by atoms with van der Waals surface area (Å²) < 4.78 is 0. The van der Waals surface area contributed by atoms with Crippen LogP contribution < -0.4 is 10.9 Å². The van der Waals surface area contributed by atoms with E-state index in [4.69, 9.17) is 0 Å². The van der Waals surface area contributed by atoms with Crippen molar-refractivity contribution in [3.63, 3.8) is 0 Å². The molecular weight excluding hydrogens is 354 g/mol. The first-order chi connectivity index (χ1) is 12.1. The molecule has 134 valence electrons. The van der Waals surface area contributed by atoms with Crippen LogP contribution in [-0.4, -0.2) is 27.4 Å². The first-order valence-corrected chi connectivity index (χ1v) is 10.3. The van der Waals surface area contributed by atoms with Crippen LogP contribution in [0.4, 0.5) is 0 Å². The number of carbonyl (C=O) groups excluding carboxylic acids is 1. The highest BCUT2D eigenvalue weighted by Crippen LogP contribution is 2.14. The number of rotatable bonds is 9. The minimum absolute atomic E-state index is 0.0843. The summed E-state index contributed by atoms with van der Waals surface area (Å²) in [6, 6.07) is 9.56. The molecule has 0 radical (unpaired) electrons. The molecule has 0 spiro atoms. The fourth-order valence-electron chi connectivity index (χ4n) is 2.04. The molecule has 25 heavy (non-hydrogen) atoms. The van der Waals surface area contributed by atoms with Gasteiger partial charge in [-0.1, -0.05) is 48.5 Å². The SMILES string of the molecule is CCCSCc1cc(=O)[nH]c(SCC(=O)NCc2ccc(C)cc2)n1. The molecule has 0 fully saturated rings.